The van der Waals surface area contributed by atoms with Crippen LogP contribution in [0.5, 0.6) is 0 Å². The molecule has 5 nitrogen and oxygen atoms in total. The van der Waals surface area contributed by atoms with Gasteiger partial charge >= 0.3 is 0 Å². The molecule has 1 atom stereocenters. The molecule has 0 aliphatic rings. The van der Waals surface area contributed by atoms with Crippen LogP contribution in [-0.2, 0) is 11.3 Å². The fourth-order valence-corrected chi connectivity index (χ4v) is 1.01. The van der Waals surface area contributed by atoms with Crippen molar-refractivity contribution < 1.29 is 4.79 Å². The van der Waals surface area contributed by atoms with Crippen LogP contribution in [0, 0.1) is 0 Å². The van der Waals surface area contributed by atoms with Gasteiger partial charge in [-0.3, -0.25) is 9.48 Å². The van der Waals surface area contributed by atoms with Gasteiger partial charge in [0, 0.05) is 18.8 Å². The SMILES string of the molecule is CC[C@H](N)C(=O)Nc1ccn(CC)n1. The lowest BCUT2D eigenvalue weighted by atomic mass is 10.2. The first-order valence-electron chi connectivity index (χ1n) is 4.77. The summed E-state index contributed by atoms with van der Waals surface area (Å²) < 4.78 is 1.74. The minimum atomic E-state index is -0.457. The molecule has 0 bridgehead atoms. The van der Waals surface area contributed by atoms with Gasteiger partial charge in [-0.1, -0.05) is 6.92 Å². The van der Waals surface area contributed by atoms with Gasteiger partial charge in [0.1, 0.15) is 0 Å². The molecule has 78 valence electrons. The van der Waals surface area contributed by atoms with Crippen molar-refractivity contribution >= 4 is 11.7 Å². The van der Waals surface area contributed by atoms with E-state index < -0.39 is 6.04 Å². The molecule has 0 aliphatic heterocycles. The summed E-state index contributed by atoms with van der Waals surface area (Å²) in [5.41, 5.74) is 5.56. The highest BCUT2D eigenvalue weighted by Crippen LogP contribution is 2.03. The van der Waals surface area contributed by atoms with Crippen molar-refractivity contribution in [2.75, 3.05) is 5.32 Å². The van der Waals surface area contributed by atoms with Crippen LogP contribution in [0.15, 0.2) is 12.3 Å². The van der Waals surface area contributed by atoms with Crippen LogP contribution in [0.25, 0.3) is 0 Å². The maximum absolute atomic E-state index is 11.4. The predicted molar refractivity (Wildman–Crippen MR) is 54.8 cm³/mol. The molecule has 0 unspecified atom stereocenters. The third-order valence-electron chi connectivity index (χ3n) is 1.99. The molecule has 1 aromatic heterocycles. The first-order chi connectivity index (χ1) is 6.67. The molecule has 3 N–H and O–H groups in total. The van der Waals surface area contributed by atoms with Crippen molar-refractivity contribution in [3.05, 3.63) is 12.3 Å². The predicted octanol–water partition coefficient (Wildman–Crippen LogP) is 0.579. The van der Waals surface area contributed by atoms with Gasteiger partial charge in [0.05, 0.1) is 6.04 Å². The number of hydrogen-bond donors (Lipinski definition) is 2. The monoisotopic (exact) mass is 196 g/mol. The molecular weight excluding hydrogens is 180 g/mol. The maximum atomic E-state index is 11.4. The van der Waals surface area contributed by atoms with Crippen LogP contribution < -0.4 is 11.1 Å². The average Bonchev–Trinajstić information content (AvgIpc) is 2.64. The zero-order chi connectivity index (χ0) is 10.6. The molecule has 1 heterocycles. The molecule has 14 heavy (non-hydrogen) atoms. The van der Waals surface area contributed by atoms with Crippen LogP contribution in [0.3, 0.4) is 0 Å². The van der Waals surface area contributed by atoms with E-state index in [0.717, 1.165) is 6.54 Å². The summed E-state index contributed by atoms with van der Waals surface area (Å²) in [4.78, 5) is 11.4. The van der Waals surface area contributed by atoms with E-state index in [1.165, 1.54) is 0 Å². The molecule has 0 aromatic carbocycles. The Kier molecular flexibility index (Phi) is 3.64. The number of nitrogens with zero attached hydrogens (tertiary/aromatic N) is 2. The average molecular weight is 196 g/mol. The molecule has 0 saturated carbocycles. The smallest absolute Gasteiger partial charge is 0.242 e. The molecule has 0 saturated heterocycles. The van der Waals surface area contributed by atoms with E-state index in [9.17, 15) is 4.79 Å². The van der Waals surface area contributed by atoms with Gasteiger partial charge in [0.15, 0.2) is 5.82 Å². The number of carbonyl (C=O) groups is 1. The fraction of sp³-hybridized carbons (Fsp3) is 0.556. The summed E-state index contributed by atoms with van der Waals surface area (Å²) in [5, 5.41) is 6.77. The number of amides is 1. The minimum Gasteiger partial charge on any atom is -0.320 e. The van der Waals surface area contributed by atoms with E-state index in [1.807, 2.05) is 20.0 Å². The van der Waals surface area contributed by atoms with E-state index >= 15 is 0 Å². The highest BCUT2D eigenvalue weighted by atomic mass is 16.2. The third kappa shape index (κ3) is 2.56. The normalized spacial score (nSPS) is 12.5. The summed E-state index contributed by atoms with van der Waals surface area (Å²) in [5.74, 6) is 0.370. The van der Waals surface area contributed by atoms with Crippen LogP contribution in [-0.4, -0.2) is 21.7 Å². The number of nitrogens with two attached hydrogens (primary N) is 1. The number of hydrogen-bond acceptors (Lipinski definition) is 3. The minimum absolute atomic E-state index is 0.186. The van der Waals surface area contributed by atoms with Crippen molar-refractivity contribution in [1.82, 2.24) is 9.78 Å². The number of aromatic nitrogens is 2. The second-order valence-corrected chi connectivity index (χ2v) is 3.06. The number of carbonyl (C=O) groups excluding carboxylic acids is 1. The van der Waals surface area contributed by atoms with Crippen molar-refractivity contribution in [3.63, 3.8) is 0 Å². The molecule has 1 rings (SSSR count). The maximum Gasteiger partial charge on any atom is 0.242 e. The van der Waals surface area contributed by atoms with E-state index in [0.29, 0.717) is 12.2 Å². The molecule has 1 amide bonds. The molecule has 0 fully saturated rings. The standard InChI is InChI=1S/C9H16N4O/c1-3-7(10)9(14)11-8-5-6-13(4-2)12-8/h5-7H,3-4,10H2,1-2H3,(H,11,12,14)/t7-/m0/s1. The van der Waals surface area contributed by atoms with Gasteiger partial charge in [-0.15, -0.1) is 0 Å². The molecule has 5 heteroatoms. The highest BCUT2D eigenvalue weighted by Gasteiger charge is 2.11. The second-order valence-electron chi connectivity index (χ2n) is 3.06. The second kappa shape index (κ2) is 4.76. The molecular formula is C9H16N4O. The third-order valence-corrected chi connectivity index (χ3v) is 1.99. The lowest BCUT2D eigenvalue weighted by Crippen LogP contribution is -2.34. The largest absolute Gasteiger partial charge is 0.320 e. The Hall–Kier alpha value is -1.36. The Morgan fingerprint density at radius 3 is 2.93 bits per heavy atom. The zero-order valence-corrected chi connectivity index (χ0v) is 8.53. The van der Waals surface area contributed by atoms with E-state index in [2.05, 4.69) is 10.4 Å². The van der Waals surface area contributed by atoms with Gasteiger partial charge in [0.25, 0.3) is 0 Å². The number of anilines is 1. The first kappa shape index (κ1) is 10.7. The lowest BCUT2D eigenvalue weighted by Gasteiger charge is -2.07. The summed E-state index contributed by atoms with van der Waals surface area (Å²) in [7, 11) is 0. The van der Waals surface area contributed by atoms with E-state index in [4.69, 9.17) is 5.73 Å². The van der Waals surface area contributed by atoms with Crippen molar-refractivity contribution in [2.45, 2.75) is 32.9 Å². The Morgan fingerprint density at radius 2 is 2.43 bits per heavy atom. The van der Waals surface area contributed by atoms with Gasteiger partial charge in [-0.05, 0) is 13.3 Å². The Balaban J connectivity index is 2.56. The molecule has 1 aromatic rings. The summed E-state index contributed by atoms with van der Waals surface area (Å²) in [6.07, 6.45) is 2.44. The van der Waals surface area contributed by atoms with E-state index in [-0.39, 0.29) is 5.91 Å². The first-order valence-corrected chi connectivity index (χ1v) is 4.77. The van der Waals surface area contributed by atoms with Crippen LogP contribution in [0.1, 0.15) is 20.3 Å². The van der Waals surface area contributed by atoms with Crippen molar-refractivity contribution in [2.24, 2.45) is 5.73 Å². The van der Waals surface area contributed by atoms with Crippen LogP contribution in [0.4, 0.5) is 5.82 Å². The Morgan fingerprint density at radius 1 is 1.71 bits per heavy atom. The zero-order valence-electron chi connectivity index (χ0n) is 8.53. The number of rotatable bonds is 4. The topological polar surface area (TPSA) is 72.9 Å². The van der Waals surface area contributed by atoms with Crippen molar-refractivity contribution in [1.29, 1.82) is 0 Å². The molecule has 0 radical (unpaired) electrons. The van der Waals surface area contributed by atoms with E-state index in [1.54, 1.807) is 10.7 Å². The number of aryl methyl sites for hydroxylation is 1. The summed E-state index contributed by atoms with van der Waals surface area (Å²) in [6.45, 7) is 4.64. The van der Waals surface area contributed by atoms with Crippen LogP contribution in [0.2, 0.25) is 0 Å². The van der Waals surface area contributed by atoms with Gasteiger partial charge in [-0.25, -0.2) is 0 Å². The summed E-state index contributed by atoms with van der Waals surface area (Å²) in [6, 6.07) is 1.30. The number of nitrogens with one attached hydrogen (secondary N) is 1. The van der Waals surface area contributed by atoms with Crippen molar-refractivity contribution in [3.8, 4) is 0 Å². The fourth-order valence-electron chi connectivity index (χ4n) is 1.01. The van der Waals surface area contributed by atoms with Gasteiger partial charge < -0.3 is 11.1 Å². The summed E-state index contributed by atoms with van der Waals surface area (Å²) >= 11 is 0. The quantitative estimate of drug-likeness (QED) is 0.739. The van der Waals surface area contributed by atoms with Gasteiger partial charge in [0.2, 0.25) is 5.91 Å². The molecule has 0 aliphatic carbocycles. The molecule has 0 spiro atoms. The highest BCUT2D eigenvalue weighted by molar-refractivity contribution is 5.93. The Labute approximate surface area is 83.3 Å². The van der Waals surface area contributed by atoms with Gasteiger partial charge in [-0.2, -0.15) is 5.10 Å². The van der Waals surface area contributed by atoms with Crippen LogP contribution >= 0.6 is 0 Å². The lowest BCUT2D eigenvalue weighted by molar-refractivity contribution is -0.117. The Bertz CT molecular complexity index is 308.